The molecule has 0 bridgehead atoms. The fraction of sp³-hybridized carbons (Fsp3) is 0.448. The van der Waals surface area contributed by atoms with Gasteiger partial charge in [-0.15, -0.1) is 0 Å². The Labute approximate surface area is 210 Å². The van der Waals surface area contributed by atoms with Crippen molar-refractivity contribution in [2.24, 2.45) is 5.41 Å². The number of ether oxygens (including phenoxy) is 1. The Kier molecular flexibility index (Phi) is 7.91. The summed E-state index contributed by atoms with van der Waals surface area (Å²) in [5, 5.41) is 0. The summed E-state index contributed by atoms with van der Waals surface area (Å²) >= 11 is 0. The zero-order valence-corrected chi connectivity index (χ0v) is 21.9. The SMILES string of the molecule is CCN1CC(C)(C)CN(C)c2cc(CN(CCc3cccnc3)Cc3cccnc3OC)ccc21. The molecule has 1 aromatic carbocycles. The van der Waals surface area contributed by atoms with Crippen LogP contribution in [0.25, 0.3) is 0 Å². The van der Waals surface area contributed by atoms with E-state index >= 15 is 0 Å². The second-order valence-electron chi connectivity index (χ2n) is 10.4. The van der Waals surface area contributed by atoms with Gasteiger partial charge in [0.15, 0.2) is 0 Å². The zero-order valence-electron chi connectivity index (χ0n) is 21.9. The Hall–Kier alpha value is -3.12. The van der Waals surface area contributed by atoms with Crippen molar-refractivity contribution in [1.29, 1.82) is 0 Å². The number of benzene rings is 1. The fourth-order valence-corrected chi connectivity index (χ4v) is 5.18. The number of hydrogen-bond donors (Lipinski definition) is 0. The van der Waals surface area contributed by atoms with E-state index in [1.165, 1.54) is 22.5 Å². The van der Waals surface area contributed by atoms with Crippen molar-refractivity contribution in [3.05, 3.63) is 77.7 Å². The minimum Gasteiger partial charge on any atom is -0.481 e. The number of aromatic nitrogens is 2. The molecule has 0 atom stereocenters. The molecule has 3 heterocycles. The molecule has 0 radical (unpaired) electrons. The zero-order chi connectivity index (χ0) is 24.8. The summed E-state index contributed by atoms with van der Waals surface area (Å²) in [7, 11) is 3.92. The lowest BCUT2D eigenvalue weighted by molar-refractivity contribution is 0.254. The summed E-state index contributed by atoms with van der Waals surface area (Å²) in [6, 6.07) is 15.2. The second kappa shape index (κ2) is 11.1. The van der Waals surface area contributed by atoms with Gasteiger partial charge in [0.1, 0.15) is 0 Å². The smallest absolute Gasteiger partial charge is 0.217 e. The standard InChI is InChI=1S/C29H39N5O/c1-6-34-22-29(2,3)21-32(4)27-17-24(11-12-26(27)34)19-33(16-13-23-9-7-14-30-18-23)20-25-10-8-15-31-28(25)35-5/h7-12,14-15,17-18H,6,13,16,19-22H2,1-5H3. The first kappa shape index (κ1) is 25.0. The van der Waals surface area contributed by atoms with Crippen molar-refractivity contribution in [3.8, 4) is 5.88 Å². The summed E-state index contributed by atoms with van der Waals surface area (Å²) in [4.78, 5) is 16.1. The van der Waals surface area contributed by atoms with Crippen molar-refractivity contribution in [1.82, 2.24) is 14.9 Å². The number of methoxy groups -OCH3 is 1. The number of rotatable bonds is 9. The fourth-order valence-electron chi connectivity index (χ4n) is 5.18. The van der Waals surface area contributed by atoms with Gasteiger partial charge in [-0.3, -0.25) is 9.88 Å². The van der Waals surface area contributed by atoms with Crippen LogP contribution in [0.15, 0.2) is 61.1 Å². The van der Waals surface area contributed by atoms with Crippen LogP contribution in [0.3, 0.4) is 0 Å². The van der Waals surface area contributed by atoms with Gasteiger partial charge in [0.25, 0.3) is 0 Å². The van der Waals surface area contributed by atoms with Crippen LogP contribution in [-0.2, 0) is 19.5 Å². The first-order chi connectivity index (χ1) is 16.9. The molecule has 0 spiro atoms. The molecule has 0 saturated carbocycles. The normalized spacial score (nSPS) is 15.1. The van der Waals surface area contributed by atoms with Crippen LogP contribution in [-0.4, -0.2) is 55.2 Å². The average Bonchev–Trinajstić information content (AvgIpc) is 2.96. The maximum absolute atomic E-state index is 5.55. The number of nitrogens with zero attached hydrogens (tertiary/aromatic N) is 5. The van der Waals surface area contributed by atoms with Gasteiger partial charge in [-0.25, -0.2) is 4.98 Å². The lowest BCUT2D eigenvalue weighted by Crippen LogP contribution is -2.37. The van der Waals surface area contributed by atoms with Crippen LogP contribution in [0.4, 0.5) is 11.4 Å². The third-order valence-electron chi connectivity index (χ3n) is 6.74. The number of fused-ring (bicyclic) bond motifs is 1. The Bertz CT molecular complexity index is 1100. The molecule has 35 heavy (non-hydrogen) atoms. The first-order valence-corrected chi connectivity index (χ1v) is 12.6. The topological polar surface area (TPSA) is 44.7 Å². The third kappa shape index (κ3) is 6.31. The van der Waals surface area contributed by atoms with E-state index in [1.807, 2.05) is 24.5 Å². The Morgan fingerprint density at radius 3 is 2.57 bits per heavy atom. The summed E-state index contributed by atoms with van der Waals surface area (Å²) in [5.74, 6) is 0.696. The molecule has 2 aromatic heterocycles. The summed E-state index contributed by atoms with van der Waals surface area (Å²) in [5.41, 5.74) is 6.56. The van der Waals surface area contributed by atoms with E-state index in [0.29, 0.717) is 5.88 Å². The van der Waals surface area contributed by atoms with Crippen molar-refractivity contribution in [2.45, 2.75) is 40.3 Å². The van der Waals surface area contributed by atoms with Gasteiger partial charge in [0.05, 0.1) is 18.5 Å². The average molecular weight is 474 g/mol. The molecule has 3 aromatic rings. The Morgan fingerprint density at radius 1 is 1.00 bits per heavy atom. The molecule has 1 aliphatic rings. The molecule has 186 valence electrons. The summed E-state index contributed by atoms with van der Waals surface area (Å²) in [6.45, 7) is 12.6. The van der Waals surface area contributed by atoms with Crippen molar-refractivity contribution in [2.75, 3.05) is 50.1 Å². The van der Waals surface area contributed by atoms with E-state index in [-0.39, 0.29) is 5.41 Å². The first-order valence-electron chi connectivity index (χ1n) is 12.6. The molecular formula is C29H39N5O. The summed E-state index contributed by atoms with van der Waals surface area (Å²) < 4.78 is 5.55. The number of anilines is 2. The van der Waals surface area contributed by atoms with Crippen molar-refractivity contribution < 1.29 is 4.74 Å². The molecule has 0 fully saturated rings. The van der Waals surface area contributed by atoms with E-state index in [0.717, 1.165) is 51.3 Å². The van der Waals surface area contributed by atoms with Gasteiger partial charge in [0.2, 0.25) is 5.88 Å². The van der Waals surface area contributed by atoms with E-state index in [1.54, 1.807) is 13.3 Å². The van der Waals surface area contributed by atoms with Gasteiger partial charge in [-0.1, -0.05) is 32.0 Å². The maximum Gasteiger partial charge on any atom is 0.217 e. The van der Waals surface area contributed by atoms with Gasteiger partial charge in [0, 0.05) is 70.5 Å². The lowest BCUT2D eigenvalue weighted by atomic mass is 9.92. The molecule has 0 amide bonds. The van der Waals surface area contributed by atoms with Crippen LogP contribution >= 0.6 is 0 Å². The second-order valence-corrected chi connectivity index (χ2v) is 10.4. The van der Waals surface area contributed by atoms with Crippen molar-refractivity contribution >= 4 is 11.4 Å². The molecule has 6 nitrogen and oxygen atoms in total. The van der Waals surface area contributed by atoms with Crippen LogP contribution in [0.5, 0.6) is 5.88 Å². The highest BCUT2D eigenvalue weighted by Crippen LogP contribution is 2.37. The van der Waals surface area contributed by atoms with E-state index in [4.69, 9.17) is 4.74 Å². The van der Waals surface area contributed by atoms with Gasteiger partial charge < -0.3 is 14.5 Å². The van der Waals surface area contributed by atoms with Crippen LogP contribution in [0.2, 0.25) is 0 Å². The maximum atomic E-state index is 5.55. The molecule has 4 rings (SSSR count). The number of hydrogen-bond acceptors (Lipinski definition) is 6. The highest BCUT2D eigenvalue weighted by atomic mass is 16.5. The van der Waals surface area contributed by atoms with Gasteiger partial charge in [-0.05, 0) is 54.2 Å². The largest absolute Gasteiger partial charge is 0.481 e. The molecule has 1 aliphatic heterocycles. The van der Waals surface area contributed by atoms with E-state index in [9.17, 15) is 0 Å². The Balaban J connectivity index is 1.59. The predicted molar refractivity (Wildman–Crippen MR) is 144 cm³/mol. The molecule has 0 unspecified atom stereocenters. The Morgan fingerprint density at radius 2 is 1.83 bits per heavy atom. The molecule has 6 heteroatoms. The molecular weight excluding hydrogens is 434 g/mol. The van der Waals surface area contributed by atoms with Gasteiger partial charge >= 0.3 is 0 Å². The van der Waals surface area contributed by atoms with Crippen LogP contribution in [0, 0.1) is 5.41 Å². The van der Waals surface area contributed by atoms with Gasteiger partial charge in [-0.2, -0.15) is 0 Å². The molecule has 0 N–H and O–H groups in total. The quantitative estimate of drug-likeness (QED) is 0.434. The molecule has 0 aliphatic carbocycles. The van der Waals surface area contributed by atoms with Crippen LogP contribution < -0.4 is 14.5 Å². The highest BCUT2D eigenvalue weighted by molar-refractivity contribution is 5.73. The minimum absolute atomic E-state index is 0.233. The number of pyridine rings is 2. The third-order valence-corrected chi connectivity index (χ3v) is 6.74. The summed E-state index contributed by atoms with van der Waals surface area (Å²) in [6.07, 6.45) is 6.51. The highest BCUT2D eigenvalue weighted by Gasteiger charge is 2.29. The van der Waals surface area contributed by atoms with E-state index in [2.05, 4.69) is 82.8 Å². The lowest BCUT2D eigenvalue weighted by Gasteiger charge is -2.30. The monoisotopic (exact) mass is 473 g/mol. The predicted octanol–water partition coefficient (Wildman–Crippen LogP) is 5.03. The molecule has 0 saturated heterocycles. The minimum atomic E-state index is 0.233. The van der Waals surface area contributed by atoms with Crippen LogP contribution in [0.1, 0.15) is 37.5 Å². The van der Waals surface area contributed by atoms with Crippen molar-refractivity contribution in [3.63, 3.8) is 0 Å². The van der Waals surface area contributed by atoms with E-state index < -0.39 is 0 Å².